The highest BCUT2D eigenvalue weighted by Gasteiger charge is 2.48. The Bertz CT molecular complexity index is 1190. The van der Waals surface area contributed by atoms with Gasteiger partial charge in [-0.3, -0.25) is 19.9 Å². The van der Waals surface area contributed by atoms with Crippen LogP contribution in [0.1, 0.15) is 35.7 Å². The molecule has 0 radical (unpaired) electrons. The van der Waals surface area contributed by atoms with Gasteiger partial charge in [-0.1, -0.05) is 30.3 Å². The Balaban J connectivity index is 2.47. The van der Waals surface area contributed by atoms with Gasteiger partial charge in [-0.05, 0) is 42.7 Å². The van der Waals surface area contributed by atoms with E-state index in [1.54, 1.807) is 18.2 Å². The summed E-state index contributed by atoms with van der Waals surface area (Å²) in [4.78, 5) is 43.3. The number of carboxylic acids is 1. The molecular formula is C23H29N5O6S. The fraction of sp³-hybridized carbons (Fsp3) is 0.304. The predicted octanol–water partition coefficient (Wildman–Crippen LogP) is 0.703. The van der Waals surface area contributed by atoms with E-state index >= 15 is 0 Å². The van der Waals surface area contributed by atoms with Gasteiger partial charge < -0.3 is 16.6 Å². The van der Waals surface area contributed by atoms with Gasteiger partial charge in [-0.15, -0.1) is 0 Å². The molecule has 35 heavy (non-hydrogen) atoms. The fourth-order valence-corrected chi connectivity index (χ4v) is 4.13. The number of nitrogens with one attached hydrogen (secondary N) is 1. The summed E-state index contributed by atoms with van der Waals surface area (Å²) in [5, 5.41) is 13.2. The Labute approximate surface area is 203 Å². The molecule has 2 rings (SSSR count). The van der Waals surface area contributed by atoms with Gasteiger partial charge in [0.15, 0.2) is 15.8 Å². The molecule has 0 unspecified atom stereocenters. The first-order valence-corrected chi connectivity index (χ1v) is 12.5. The molecule has 2 amide bonds. The van der Waals surface area contributed by atoms with Gasteiger partial charge in [0.1, 0.15) is 0 Å². The first-order chi connectivity index (χ1) is 16.4. The van der Waals surface area contributed by atoms with Crippen LogP contribution in [-0.2, 0) is 26.0 Å². The number of aliphatic carboxylic acids is 1. The van der Waals surface area contributed by atoms with Crippen LogP contribution in [0, 0.1) is 0 Å². The van der Waals surface area contributed by atoms with E-state index < -0.39 is 33.3 Å². The molecular weight excluding hydrogens is 474 g/mol. The second-order valence-electron chi connectivity index (χ2n) is 7.87. The van der Waals surface area contributed by atoms with Crippen molar-refractivity contribution in [1.82, 2.24) is 10.2 Å². The number of sulfone groups is 1. The highest BCUT2D eigenvalue weighted by atomic mass is 32.2. The molecule has 0 fully saturated rings. The average molecular weight is 504 g/mol. The molecule has 6 N–H and O–H groups in total. The van der Waals surface area contributed by atoms with Crippen molar-refractivity contribution in [3.05, 3.63) is 65.7 Å². The maximum atomic E-state index is 13.3. The van der Waals surface area contributed by atoms with Gasteiger partial charge in [0.2, 0.25) is 11.6 Å². The molecule has 188 valence electrons. The van der Waals surface area contributed by atoms with Crippen molar-refractivity contribution in [1.29, 1.82) is 0 Å². The lowest BCUT2D eigenvalue weighted by Crippen LogP contribution is -2.67. The highest BCUT2D eigenvalue weighted by molar-refractivity contribution is 7.90. The normalized spacial score (nSPS) is 12.9. The van der Waals surface area contributed by atoms with Gasteiger partial charge >= 0.3 is 5.97 Å². The summed E-state index contributed by atoms with van der Waals surface area (Å²) in [7, 11) is -3.41. The third-order valence-electron chi connectivity index (χ3n) is 5.20. The molecule has 0 heterocycles. The van der Waals surface area contributed by atoms with Crippen LogP contribution in [0.3, 0.4) is 0 Å². The number of aliphatic imine (C=N–C) groups is 1. The van der Waals surface area contributed by atoms with E-state index in [2.05, 4.69) is 10.3 Å². The van der Waals surface area contributed by atoms with E-state index in [1.165, 1.54) is 36.4 Å². The van der Waals surface area contributed by atoms with Crippen molar-refractivity contribution in [2.75, 3.05) is 12.8 Å². The summed E-state index contributed by atoms with van der Waals surface area (Å²) in [6.07, 6.45) is 1.01. The highest BCUT2D eigenvalue weighted by Crippen LogP contribution is 2.24. The van der Waals surface area contributed by atoms with Crippen molar-refractivity contribution < 1.29 is 27.9 Å². The lowest BCUT2D eigenvalue weighted by molar-refractivity contribution is -0.159. The number of benzene rings is 2. The largest absolute Gasteiger partial charge is 0.478 e. The van der Waals surface area contributed by atoms with E-state index in [0.717, 1.165) is 13.2 Å². The van der Waals surface area contributed by atoms with E-state index in [1.807, 2.05) is 0 Å². The van der Waals surface area contributed by atoms with Gasteiger partial charge in [-0.25, -0.2) is 18.1 Å². The molecule has 0 bridgehead atoms. The van der Waals surface area contributed by atoms with Crippen LogP contribution in [-0.4, -0.2) is 60.6 Å². The molecule has 0 saturated carbocycles. The molecule has 11 nitrogen and oxygen atoms in total. The number of carboxylic acid groups (broad SMARTS) is 1. The minimum absolute atomic E-state index is 0.0768. The predicted molar refractivity (Wildman–Crippen MR) is 130 cm³/mol. The molecule has 1 atom stereocenters. The minimum Gasteiger partial charge on any atom is -0.478 e. The van der Waals surface area contributed by atoms with Crippen LogP contribution in [0.4, 0.5) is 0 Å². The minimum atomic E-state index is -3.41. The number of carbonyl (C=O) groups excluding carboxylic acids is 2. The van der Waals surface area contributed by atoms with Crippen molar-refractivity contribution >= 4 is 33.6 Å². The molecule has 2 aromatic rings. The first-order valence-electron chi connectivity index (χ1n) is 10.6. The third kappa shape index (κ3) is 7.11. The lowest BCUT2D eigenvalue weighted by atomic mass is 9.98. The molecule has 0 aliphatic carbocycles. The summed E-state index contributed by atoms with van der Waals surface area (Å²) in [5.41, 5.74) is 9.24. The van der Waals surface area contributed by atoms with Crippen LogP contribution >= 0.6 is 0 Å². The SMILES string of the molecule is CC(=O)N(C(=O)c1ccccc1)[C@](CCCN=C(N)N)(NCc1ccc(S(C)(=O)=O)cc1)C(=O)O. The number of hydrogen-bond acceptors (Lipinski definition) is 7. The number of guanidine groups is 1. The maximum Gasteiger partial charge on any atom is 0.345 e. The van der Waals surface area contributed by atoms with E-state index in [-0.39, 0.29) is 42.3 Å². The fourth-order valence-electron chi connectivity index (χ4n) is 3.50. The van der Waals surface area contributed by atoms with Crippen LogP contribution in [0.25, 0.3) is 0 Å². The van der Waals surface area contributed by atoms with E-state index in [9.17, 15) is 27.9 Å². The Morgan fingerprint density at radius 1 is 1.06 bits per heavy atom. The number of nitrogens with zero attached hydrogens (tertiary/aromatic N) is 2. The zero-order valence-electron chi connectivity index (χ0n) is 19.5. The summed E-state index contributed by atoms with van der Waals surface area (Å²) in [6.45, 7) is 1.11. The lowest BCUT2D eigenvalue weighted by Gasteiger charge is -2.39. The van der Waals surface area contributed by atoms with Crippen LogP contribution in [0.2, 0.25) is 0 Å². The van der Waals surface area contributed by atoms with Gasteiger partial charge in [0, 0.05) is 31.8 Å². The summed E-state index contributed by atoms with van der Waals surface area (Å²) in [5.74, 6) is -3.19. The number of imide groups is 1. The maximum absolute atomic E-state index is 13.3. The number of amides is 2. The molecule has 0 aliphatic rings. The quantitative estimate of drug-likeness (QED) is 0.148. The molecule has 12 heteroatoms. The third-order valence-corrected chi connectivity index (χ3v) is 6.33. The van der Waals surface area contributed by atoms with Gasteiger partial charge in [0.25, 0.3) is 5.91 Å². The smallest absolute Gasteiger partial charge is 0.345 e. The molecule has 2 aromatic carbocycles. The van der Waals surface area contributed by atoms with Gasteiger partial charge in [0.05, 0.1) is 4.90 Å². The summed E-state index contributed by atoms with van der Waals surface area (Å²) < 4.78 is 23.4. The monoisotopic (exact) mass is 503 g/mol. The Morgan fingerprint density at radius 2 is 1.66 bits per heavy atom. The topological polar surface area (TPSA) is 185 Å². The van der Waals surface area contributed by atoms with Crippen LogP contribution < -0.4 is 16.8 Å². The number of carbonyl (C=O) groups is 3. The Hall–Kier alpha value is -3.77. The molecule has 0 saturated heterocycles. The zero-order valence-corrected chi connectivity index (χ0v) is 20.3. The van der Waals surface area contributed by atoms with Crippen molar-refractivity contribution in [3.8, 4) is 0 Å². The van der Waals surface area contributed by atoms with E-state index in [4.69, 9.17) is 11.5 Å². The summed E-state index contributed by atoms with van der Waals surface area (Å²) >= 11 is 0. The second kappa shape index (κ2) is 11.6. The number of nitrogens with two attached hydrogens (primary N) is 2. The van der Waals surface area contributed by atoms with Crippen molar-refractivity contribution in [2.45, 2.75) is 36.9 Å². The Kier molecular flexibility index (Phi) is 9.09. The number of hydrogen-bond donors (Lipinski definition) is 4. The average Bonchev–Trinajstić information content (AvgIpc) is 2.79. The number of rotatable bonds is 11. The molecule has 0 aliphatic heterocycles. The van der Waals surface area contributed by atoms with Crippen LogP contribution in [0.15, 0.2) is 64.5 Å². The van der Waals surface area contributed by atoms with E-state index in [0.29, 0.717) is 10.5 Å². The summed E-state index contributed by atoms with van der Waals surface area (Å²) in [6, 6.07) is 13.7. The molecule has 0 aromatic heterocycles. The molecule has 0 spiro atoms. The van der Waals surface area contributed by atoms with Crippen LogP contribution in [0.5, 0.6) is 0 Å². The Morgan fingerprint density at radius 3 is 2.14 bits per heavy atom. The van der Waals surface area contributed by atoms with Gasteiger partial charge in [-0.2, -0.15) is 0 Å². The first kappa shape index (κ1) is 27.5. The van der Waals surface area contributed by atoms with Crippen molar-refractivity contribution in [2.24, 2.45) is 16.5 Å². The van der Waals surface area contributed by atoms with Crippen molar-refractivity contribution in [3.63, 3.8) is 0 Å². The standard InChI is InChI=1S/C23H29N5O6S/c1-16(29)28(20(30)18-7-4-3-5-8-18)23(21(31)32,13-6-14-26-22(24)25)27-15-17-9-11-19(12-10-17)35(2,33)34/h3-5,7-12,27H,6,13-15H2,1-2H3,(H,31,32)(H4,24,25,26)/t23-/m0/s1. The second-order valence-corrected chi connectivity index (χ2v) is 9.89. The zero-order chi connectivity index (χ0) is 26.2.